The smallest absolute Gasteiger partial charge is 0.138 e. The van der Waals surface area contributed by atoms with Crippen molar-refractivity contribution >= 4 is 0 Å². The molecular formula is C23H25F2N3O. The lowest BCUT2D eigenvalue weighted by Crippen LogP contribution is -2.47. The van der Waals surface area contributed by atoms with Crippen molar-refractivity contribution in [2.45, 2.75) is 26.4 Å². The summed E-state index contributed by atoms with van der Waals surface area (Å²) in [5, 5.41) is 4.05. The molecule has 4 rings (SSSR count). The van der Waals surface area contributed by atoms with Crippen molar-refractivity contribution in [3.8, 4) is 0 Å². The van der Waals surface area contributed by atoms with Crippen LogP contribution in [0.1, 0.15) is 34.2 Å². The van der Waals surface area contributed by atoms with Gasteiger partial charge >= 0.3 is 0 Å². The highest BCUT2D eigenvalue weighted by molar-refractivity contribution is 5.32. The molecule has 0 unspecified atom stereocenters. The molecule has 0 saturated carbocycles. The first-order valence-electron chi connectivity index (χ1n) is 9.90. The molecule has 1 aliphatic heterocycles. The van der Waals surface area contributed by atoms with Gasteiger partial charge in [-0.2, -0.15) is 0 Å². The van der Waals surface area contributed by atoms with Crippen molar-refractivity contribution in [1.82, 2.24) is 15.0 Å². The van der Waals surface area contributed by atoms with Crippen LogP contribution in [0.4, 0.5) is 8.78 Å². The van der Waals surface area contributed by atoms with Gasteiger partial charge in [0.25, 0.3) is 0 Å². The molecule has 3 aromatic rings. The number of nitrogens with zero attached hydrogens (tertiary/aromatic N) is 3. The van der Waals surface area contributed by atoms with E-state index in [-0.39, 0.29) is 17.7 Å². The Kier molecular flexibility index (Phi) is 5.74. The summed E-state index contributed by atoms with van der Waals surface area (Å²) >= 11 is 0. The Labute approximate surface area is 169 Å². The van der Waals surface area contributed by atoms with Gasteiger partial charge in [-0.15, -0.1) is 0 Å². The number of piperazine rings is 1. The number of hydrogen-bond donors (Lipinski definition) is 0. The third-order valence-electron chi connectivity index (χ3n) is 5.71. The molecule has 1 fully saturated rings. The second-order valence-electron chi connectivity index (χ2n) is 7.62. The molecule has 2 aromatic carbocycles. The zero-order valence-corrected chi connectivity index (χ0v) is 16.7. The molecule has 1 saturated heterocycles. The van der Waals surface area contributed by atoms with E-state index in [0.717, 1.165) is 60.9 Å². The highest BCUT2D eigenvalue weighted by atomic mass is 19.1. The molecule has 0 atom stereocenters. The fourth-order valence-corrected chi connectivity index (χ4v) is 4.04. The Hall–Kier alpha value is -2.57. The van der Waals surface area contributed by atoms with E-state index in [0.29, 0.717) is 0 Å². The van der Waals surface area contributed by atoms with Crippen molar-refractivity contribution in [3.05, 3.63) is 88.3 Å². The third-order valence-corrected chi connectivity index (χ3v) is 5.71. The molecule has 0 aliphatic carbocycles. The topological polar surface area (TPSA) is 32.5 Å². The summed E-state index contributed by atoms with van der Waals surface area (Å²) in [5.41, 5.74) is 4.13. The second-order valence-corrected chi connectivity index (χ2v) is 7.62. The molecule has 2 heterocycles. The molecule has 0 N–H and O–H groups in total. The number of benzene rings is 2. The van der Waals surface area contributed by atoms with E-state index in [4.69, 9.17) is 4.52 Å². The van der Waals surface area contributed by atoms with E-state index in [2.05, 4.69) is 15.0 Å². The van der Waals surface area contributed by atoms with Crippen molar-refractivity contribution in [2.24, 2.45) is 0 Å². The summed E-state index contributed by atoms with van der Waals surface area (Å²) < 4.78 is 32.2. The van der Waals surface area contributed by atoms with Crippen LogP contribution in [0.2, 0.25) is 0 Å². The Bertz CT molecular complexity index is 880. The van der Waals surface area contributed by atoms with Gasteiger partial charge in [-0.3, -0.25) is 9.80 Å². The van der Waals surface area contributed by atoms with E-state index in [1.165, 1.54) is 24.3 Å². The number of aryl methyl sites for hydroxylation is 2. The molecule has 0 bridgehead atoms. The Morgan fingerprint density at radius 3 is 1.83 bits per heavy atom. The fraction of sp³-hybridized carbons (Fsp3) is 0.348. The standard InChI is InChI=1S/C23H25F2N3O/c1-16-22(17(2)29-26-16)15-27-11-13-28(14-12-27)23(18-3-7-20(24)8-4-18)19-5-9-21(25)10-6-19/h3-10,23H,11-15H2,1-2H3. The van der Waals surface area contributed by atoms with Gasteiger partial charge in [0, 0.05) is 38.3 Å². The van der Waals surface area contributed by atoms with Crippen LogP contribution < -0.4 is 0 Å². The third kappa shape index (κ3) is 4.38. The predicted octanol–water partition coefficient (Wildman–Crippen LogP) is 4.48. The number of aromatic nitrogens is 1. The minimum absolute atomic E-state index is 0.0302. The average Bonchev–Trinajstić information content (AvgIpc) is 3.04. The molecule has 0 spiro atoms. The molecule has 29 heavy (non-hydrogen) atoms. The SMILES string of the molecule is Cc1noc(C)c1CN1CCN(C(c2ccc(F)cc2)c2ccc(F)cc2)CC1. The largest absolute Gasteiger partial charge is 0.361 e. The summed E-state index contributed by atoms with van der Waals surface area (Å²) in [6.45, 7) is 8.29. The monoisotopic (exact) mass is 397 g/mol. The van der Waals surface area contributed by atoms with Crippen molar-refractivity contribution < 1.29 is 13.3 Å². The number of rotatable bonds is 5. The molecule has 0 radical (unpaired) electrons. The molecule has 1 aromatic heterocycles. The average molecular weight is 397 g/mol. The van der Waals surface area contributed by atoms with Gasteiger partial charge in [0.15, 0.2) is 0 Å². The lowest BCUT2D eigenvalue weighted by atomic mass is 9.96. The number of halogens is 2. The van der Waals surface area contributed by atoms with Gasteiger partial charge in [-0.1, -0.05) is 29.4 Å². The molecule has 1 aliphatic rings. The zero-order valence-electron chi connectivity index (χ0n) is 16.7. The maximum atomic E-state index is 13.5. The van der Waals surface area contributed by atoms with Crippen molar-refractivity contribution in [2.75, 3.05) is 26.2 Å². The lowest BCUT2D eigenvalue weighted by molar-refractivity contribution is 0.104. The minimum Gasteiger partial charge on any atom is -0.361 e. The van der Waals surface area contributed by atoms with Gasteiger partial charge in [-0.25, -0.2) is 8.78 Å². The van der Waals surface area contributed by atoms with Gasteiger partial charge in [0.2, 0.25) is 0 Å². The van der Waals surface area contributed by atoms with Crippen LogP contribution in [0.3, 0.4) is 0 Å². The number of hydrogen-bond acceptors (Lipinski definition) is 4. The van der Waals surface area contributed by atoms with Crippen LogP contribution in [0.15, 0.2) is 53.1 Å². The first-order valence-corrected chi connectivity index (χ1v) is 9.90. The quantitative estimate of drug-likeness (QED) is 0.636. The summed E-state index contributed by atoms with van der Waals surface area (Å²) in [7, 11) is 0. The van der Waals surface area contributed by atoms with Crippen molar-refractivity contribution in [1.29, 1.82) is 0 Å². The van der Waals surface area contributed by atoms with E-state index in [1.54, 1.807) is 0 Å². The highest BCUT2D eigenvalue weighted by Crippen LogP contribution is 2.30. The summed E-state index contributed by atoms with van der Waals surface area (Å²) in [5.74, 6) is 0.368. The van der Waals surface area contributed by atoms with E-state index >= 15 is 0 Å². The molecule has 4 nitrogen and oxygen atoms in total. The van der Waals surface area contributed by atoms with Crippen LogP contribution in [0.25, 0.3) is 0 Å². The van der Waals surface area contributed by atoms with Gasteiger partial charge in [-0.05, 0) is 49.2 Å². The van der Waals surface area contributed by atoms with Gasteiger partial charge < -0.3 is 4.52 Å². The lowest BCUT2D eigenvalue weighted by Gasteiger charge is -2.39. The van der Waals surface area contributed by atoms with Crippen LogP contribution >= 0.6 is 0 Å². The zero-order chi connectivity index (χ0) is 20.4. The molecular weight excluding hydrogens is 372 g/mol. The normalized spacial score (nSPS) is 15.9. The fourth-order valence-electron chi connectivity index (χ4n) is 4.04. The summed E-state index contributed by atoms with van der Waals surface area (Å²) in [6.07, 6.45) is 0. The Morgan fingerprint density at radius 1 is 0.862 bits per heavy atom. The van der Waals surface area contributed by atoms with E-state index in [1.807, 2.05) is 38.1 Å². The van der Waals surface area contributed by atoms with E-state index in [9.17, 15) is 8.78 Å². The second kappa shape index (κ2) is 8.43. The van der Waals surface area contributed by atoms with Crippen molar-refractivity contribution in [3.63, 3.8) is 0 Å². The highest BCUT2D eigenvalue weighted by Gasteiger charge is 2.27. The first-order chi connectivity index (χ1) is 14.0. The minimum atomic E-state index is -0.254. The maximum Gasteiger partial charge on any atom is 0.138 e. The first kappa shape index (κ1) is 19.7. The molecule has 6 heteroatoms. The van der Waals surface area contributed by atoms with Crippen LogP contribution in [-0.2, 0) is 6.54 Å². The van der Waals surface area contributed by atoms with E-state index < -0.39 is 0 Å². The Balaban J connectivity index is 1.52. The molecule has 0 amide bonds. The van der Waals surface area contributed by atoms with Gasteiger partial charge in [0.05, 0.1) is 11.7 Å². The predicted molar refractivity (Wildman–Crippen MR) is 107 cm³/mol. The van der Waals surface area contributed by atoms with Crippen LogP contribution in [0, 0.1) is 25.5 Å². The molecule has 152 valence electrons. The summed E-state index contributed by atoms with van der Waals surface area (Å²) in [6, 6.07) is 13.2. The van der Waals surface area contributed by atoms with Gasteiger partial charge in [0.1, 0.15) is 17.4 Å². The Morgan fingerprint density at radius 2 is 1.38 bits per heavy atom. The summed E-state index contributed by atoms with van der Waals surface area (Å²) in [4.78, 5) is 4.78. The van der Waals surface area contributed by atoms with Crippen LogP contribution in [-0.4, -0.2) is 41.1 Å². The maximum absolute atomic E-state index is 13.5. The van der Waals surface area contributed by atoms with Crippen LogP contribution in [0.5, 0.6) is 0 Å².